The zero-order valence-corrected chi connectivity index (χ0v) is 10.2. The predicted octanol–water partition coefficient (Wildman–Crippen LogP) is 2.08. The fourth-order valence-corrected chi connectivity index (χ4v) is 1.93. The van der Waals surface area contributed by atoms with Crippen LogP contribution >= 0.6 is 0 Å². The molecule has 0 aliphatic carbocycles. The normalized spacial score (nSPS) is 12.1. The van der Waals surface area contributed by atoms with Gasteiger partial charge in [-0.3, -0.25) is 14.6 Å². The number of ketones is 1. The molecule has 0 N–H and O–H groups in total. The summed E-state index contributed by atoms with van der Waals surface area (Å²) in [6, 6.07) is 9.03. The van der Waals surface area contributed by atoms with Gasteiger partial charge in [0.1, 0.15) is 11.7 Å². The topological polar surface area (TPSA) is 56.3 Å². The van der Waals surface area contributed by atoms with Crippen molar-refractivity contribution in [3.8, 4) is 0 Å². The Labute approximate surface area is 105 Å². The first-order valence-electron chi connectivity index (χ1n) is 5.56. The Morgan fingerprint density at radius 3 is 2.72 bits per heavy atom. The largest absolute Gasteiger partial charge is 0.468 e. The van der Waals surface area contributed by atoms with Gasteiger partial charge in [-0.2, -0.15) is 0 Å². The molecule has 2 aromatic rings. The lowest BCUT2D eigenvalue weighted by molar-refractivity contribution is -0.145. The van der Waals surface area contributed by atoms with E-state index in [1.165, 1.54) is 14.0 Å². The number of carbonyl (C=O) groups excluding carboxylic acids is 2. The highest BCUT2D eigenvalue weighted by atomic mass is 16.5. The van der Waals surface area contributed by atoms with Crippen molar-refractivity contribution in [2.24, 2.45) is 0 Å². The second-order valence-electron chi connectivity index (χ2n) is 4.02. The van der Waals surface area contributed by atoms with Crippen molar-refractivity contribution in [2.75, 3.05) is 7.11 Å². The van der Waals surface area contributed by atoms with Crippen LogP contribution in [-0.4, -0.2) is 23.8 Å². The van der Waals surface area contributed by atoms with E-state index in [2.05, 4.69) is 9.72 Å². The summed E-state index contributed by atoms with van der Waals surface area (Å²) in [5, 5.41) is 0.894. The van der Waals surface area contributed by atoms with Crippen LogP contribution in [0.2, 0.25) is 0 Å². The number of hydrogen-bond acceptors (Lipinski definition) is 4. The first kappa shape index (κ1) is 12.2. The van der Waals surface area contributed by atoms with Gasteiger partial charge in [0.05, 0.1) is 12.6 Å². The minimum atomic E-state index is -0.861. The standard InChI is InChI=1S/C14H13NO3/c1-9(16)13(14(17)18-2)11-5-6-12-10(8-11)4-3-7-15-12/h3-8,13H,1-2H3. The van der Waals surface area contributed by atoms with E-state index in [0.717, 1.165) is 10.9 Å². The zero-order valence-electron chi connectivity index (χ0n) is 10.2. The van der Waals surface area contributed by atoms with Gasteiger partial charge in [-0.25, -0.2) is 0 Å². The lowest BCUT2D eigenvalue weighted by Crippen LogP contribution is -2.21. The summed E-state index contributed by atoms with van der Waals surface area (Å²) in [5.41, 5.74) is 1.46. The number of Topliss-reactive ketones (excluding diaryl/α,β-unsaturated/α-hetero) is 1. The Kier molecular flexibility index (Phi) is 3.37. The van der Waals surface area contributed by atoms with E-state index in [0.29, 0.717) is 5.56 Å². The summed E-state index contributed by atoms with van der Waals surface area (Å²) in [4.78, 5) is 27.4. The molecule has 1 atom stereocenters. The van der Waals surface area contributed by atoms with Crippen molar-refractivity contribution in [3.63, 3.8) is 0 Å². The molecule has 0 fully saturated rings. The molecule has 1 unspecified atom stereocenters. The maximum absolute atomic E-state index is 11.6. The third-order valence-corrected chi connectivity index (χ3v) is 2.80. The van der Waals surface area contributed by atoms with Crippen LogP contribution in [0.1, 0.15) is 18.4 Å². The van der Waals surface area contributed by atoms with E-state index in [9.17, 15) is 9.59 Å². The van der Waals surface area contributed by atoms with E-state index in [4.69, 9.17) is 0 Å². The summed E-state index contributed by atoms with van der Waals surface area (Å²) in [7, 11) is 1.28. The first-order chi connectivity index (χ1) is 8.63. The predicted molar refractivity (Wildman–Crippen MR) is 67.2 cm³/mol. The molecule has 0 saturated carbocycles. The van der Waals surface area contributed by atoms with E-state index in [1.54, 1.807) is 24.4 Å². The summed E-state index contributed by atoms with van der Waals surface area (Å²) in [6.07, 6.45) is 1.70. The number of aromatic nitrogens is 1. The highest BCUT2D eigenvalue weighted by Crippen LogP contribution is 2.22. The monoisotopic (exact) mass is 243 g/mol. The Morgan fingerprint density at radius 1 is 1.28 bits per heavy atom. The van der Waals surface area contributed by atoms with E-state index >= 15 is 0 Å². The number of pyridine rings is 1. The molecule has 18 heavy (non-hydrogen) atoms. The molecule has 4 heteroatoms. The number of benzene rings is 1. The van der Waals surface area contributed by atoms with Gasteiger partial charge < -0.3 is 4.74 Å². The van der Waals surface area contributed by atoms with Crippen LogP contribution in [0, 0.1) is 0 Å². The number of esters is 1. The van der Waals surface area contributed by atoms with Gasteiger partial charge in [-0.15, -0.1) is 0 Å². The molecule has 0 aliphatic heterocycles. The van der Waals surface area contributed by atoms with Crippen LogP contribution < -0.4 is 0 Å². The van der Waals surface area contributed by atoms with Crippen molar-refractivity contribution in [1.82, 2.24) is 4.98 Å². The SMILES string of the molecule is COC(=O)C(C(C)=O)c1ccc2ncccc2c1. The second kappa shape index (κ2) is 4.96. The minimum Gasteiger partial charge on any atom is -0.468 e. The average Bonchev–Trinajstić information content (AvgIpc) is 2.38. The van der Waals surface area contributed by atoms with Crippen LogP contribution in [0.15, 0.2) is 36.5 Å². The van der Waals surface area contributed by atoms with Gasteiger partial charge >= 0.3 is 5.97 Å². The van der Waals surface area contributed by atoms with E-state index in [1.807, 2.05) is 12.1 Å². The van der Waals surface area contributed by atoms with Crippen LogP contribution in [0.5, 0.6) is 0 Å². The van der Waals surface area contributed by atoms with Gasteiger partial charge in [0.25, 0.3) is 0 Å². The zero-order chi connectivity index (χ0) is 13.1. The number of fused-ring (bicyclic) bond motifs is 1. The van der Waals surface area contributed by atoms with Gasteiger partial charge in [0, 0.05) is 11.6 Å². The third-order valence-electron chi connectivity index (χ3n) is 2.80. The number of methoxy groups -OCH3 is 1. The Bertz CT molecular complexity index is 607. The Balaban J connectivity index is 2.51. The van der Waals surface area contributed by atoms with Gasteiger partial charge in [0.15, 0.2) is 0 Å². The van der Waals surface area contributed by atoms with Crippen molar-refractivity contribution in [1.29, 1.82) is 0 Å². The first-order valence-corrected chi connectivity index (χ1v) is 5.56. The van der Waals surface area contributed by atoms with Crippen molar-refractivity contribution in [2.45, 2.75) is 12.8 Å². The summed E-state index contributed by atoms with van der Waals surface area (Å²) in [6.45, 7) is 1.38. The molecule has 0 bridgehead atoms. The smallest absolute Gasteiger partial charge is 0.320 e. The van der Waals surface area contributed by atoms with E-state index < -0.39 is 11.9 Å². The lowest BCUT2D eigenvalue weighted by Gasteiger charge is -2.12. The number of hydrogen-bond donors (Lipinski definition) is 0. The Hall–Kier alpha value is -2.23. The molecular formula is C14H13NO3. The molecule has 92 valence electrons. The number of nitrogens with zero attached hydrogens (tertiary/aromatic N) is 1. The summed E-state index contributed by atoms with van der Waals surface area (Å²) < 4.78 is 4.66. The van der Waals surface area contributed by atoms with Crippen LogP contribution in [0.4, 0.5) is 0 Å². The van der Waals surface area contributed by atoms with Crippen LogP contribution in [-0.2, 0) is 14.3 Å². The lowest BCUT2D eigenvalue weighted by atomic mass is 9.94. The molecule has 2 rings (SSSR count). The van der Waals surface area contributed by atoms with Crippen LogP contribution in [0.25, 0.3) is 10.9 Å². The van der Waals surface area contributed by atoms with Crippen molar-refractivity contribution < 1.29 is 14.3 Å². The maximum atomic E-state index is 11.6. The molecule has 0 aliphatic rings. The number of rotatable bonds is 3. The fourth-order valence-electron chi connectivity index (χ4n) is 1.93. The number of carbonyl (C=O) groups is 2. The molecule has 1 heterocycles. The van der Waals surface area contributed by atoms with Gasteiger partial charge in [-0.1, -0.05) is 12.1 Å². The van der Waals surface area contributed by atoms with Crippen molar-refractivity contribution in [3.05, 3.63) is 42.1 Å². The highest BCUT2D eigenvalue weighted by Gasteiger charge is 2.26. The molecule has 0 saturated heterocycles. The molecule has 1 aromatic heterocycles. The van der Waals surface area contributed by atoms with Crippen LogP contribution in [0.3, 0.4) is 0 Å². The minimum absolute atomic E-state index is 0.231. The molecule has 1 aromatic carbocycles. The molecule has 0 radical (unpaired) electrons. The molecule has 0 amide bonds. The third kappa shape index (κ3) is 2.22. The summed E-state index contributed by atoms with van der Waals surface area (Å²) in [5.74, 6) is -1.63. The average molecular weight is 243 g/mol. The fraction of sp³-hybridized carbons (Fsp3) is 0.214. The van der Waals surface area contributed by atoms with Gasteiger partial charge in [0.2, 0.25) is 0 Å². The van der Waals surface area contributed by atoms with E-state index in [-0.39, 0.29) is 5.78 Å². The maximum Gasteiger partial charge on any atom is 0.320 e. The van der Waals surface area contributed by atoms with Crippen molar-refractivity contribution >= 4 is 22.7 Å². The summed E-state index contributed by atoms with van der Waals surface area (Å²) >= 11 is 0. The van der Waals surface area contributed by atoms with Gasteiger partial charge in [-0.05, 0) is 30.7 Å². The quantitative estimate of drug-likeness (QED) is 0.611. The Morgan fingerprint density at radius 2 is 2.06 bits per heavy atom. The molecule has 0 spiro atoms. The highest BCUT2D eigenvalue weighted by molar-refractivity contribution is 6.03. The number of ether oxygens (including phenoxy) is 1. The molecule has 4 nitrogen and oxygen atoms in total. The second-order valence-corrected chi connectivity index (χ2v) is 4.02. The molecular weight excluding hydrogens is 230 g/mol.